The van der Waals surface area contributed by atoms with E-state index in [0.717, 1.165) is 30.5 Å². The Kier molecular flexibility index (Phi) is 4.68. The van der Waals surface area contributed by atoms with Gasteiger partial charge in [-0.3, -0.25) is 4.79 Å². The third kappa shape index (κ3) is 4.08. The lowest BCUT2D eigenvalue weighted by Crippen LogP contribution is -2.43. The number of hydrogen-bond acceptors (Lipinski definition) is 2. The molecule has 0 bridgehead atoms. The predicted octanol–water partition coefficient (Wildman–Crippen LogP) is 2.79. The summed E-state index contributed by atoms with van der Waals surface area (Å²) in [5.74, 6) is -0.00134. The van der Waals surface area contributed by atoms with Gasteiger partial charge in [-0.1, -0.05) is 6.07 Å². The van der Waals surface area contributed by atoms with Crippen molar-refractivity contribution in [1.29, 1.82) is 0 Å². The third-order valence-electron chi connectivity index (χ3n) is 3.67. The van der Waals surface area contributed by atoms with Crippen molar-refractivity contribution >= 4 is 11.4 Å². The Morgan fingerprint density at radius 3 is 2.71 bits per heavy atom. The maximum atomic E-state index is 12.5. The van der Waals surface area contributed by atoms with Crippen LogP contribution in [0, 0.1) is 0 Å². The van der Waals surface area contributed by atoms with Crippen molar-refractivity contribution in [1.82, 2.24) is 14.6 Å². The molecule has 114 valence electrons. The first-order valence-corrected chi connectivity index (χ1v) is 7.42. The molecule has 2 aromatic heterocycles. The molecule has 0 aliphatic carbocycles. The number of hydrogen-bond donors (Lipinski definition) is 1. The second-order valence-corrected chi connectivity index (χ2v) is 6.47. The molecule has 0 aliphatic rings. The van der Waals surface area contributed by atoms with Gasteiger partial charge < -0.3 is 14.6 Å². The molecule has 1 N–H and O–H groups in total. The molecule has 0 saturated heterocycles. The zero-order valence-electron chi connectivity index (χ0n) is 13.4. The molecular formula is C17H25N3O. The van der Waals surface area contributed by atoms with Crippen LogP contribution >= 0.6 is 0 Å². The quantitative estimate of drug-likeness (QED) is 0.887. The topological polar surface area (TPSA) is 36.8 Å². The Morgan fingerprint density at radius 2 is 2.00 bits per heavy atom. The first-order valence-electron chi connectivity index (χ1n) is 7.42. The van der Waals surface area contributed by atoms with Crippen LogP contribution < -0.4 is 5.32 Å². The smallest absolute Gasteiger partial charge is 0.253 e. The first-order chi connectivity index (χ1) is 9.89. The summed E-state index contributed by atoms with van der Waals surface area (Å²) in [4.78, 5) is 14.7. The van der Waals surface area contributed by atoms with Gasteiger partial charge in [-0.2, -0.15) is 0 Å². The van der Waals surface area contributed by atoms with E-state index in [9.17, 15) is 4.79 Å². The third-order valence-corrected chi connectivity index (χ3v) is 3.67. The van der Waals surface area contributed by atoms with Crippen LogP contribution in [0.2, 0.25) is 0 Å². The molecule has 0 aromatic carbocycles. The fraction of sp³-hybridized carbons (Fsp3) is 0.471. The van der Waals surface area contributed by atoms with Gasteiger partial charge in [0.1, 0.15) is 0 Å². The SMILES string of the molecule is CN(C)CCCC(C)(C)NC(=O)c1ccn2ccccc12. The Balaban J connectivity index is 2.03. The van der Waals surface area contributed by atoms with Gasteiger partial charge in [-0.25, -0.2) is 0 Å². The molecule has 0 radical (unpaired) electrons. The van der Waals surface area contributed by atoms with E-state index in [1.165, 1.54) is 0 Å². The highest BCUT2D eigenvalue weighted by Gasteiger charge is 2.22. The number of pyridine rings is 1. The van der Waals surface area contributed by atoms with Crippen LogP contribution in [0.4, 0.5) is 0 Å². The number of amides is 1. The first kappa shape index (κ1) is 15.6. The molecule has 0 atom stereocenters. The lowest BCUT2D eigenvalue weighted by Gasteiger charge is -2.27. The van der Waals surface area contributed by atoms with Crippen LogP contribution in [-0.2, 0) is 0 Å². The highest BCUT2D eigenvalue weighted by molar-refractivity contribution is 6.01. The molecule has 1 amide bonds. The largest absolute Gasteiger partial charge is 0.347 e. The number of nitrogens with one attached hydrogen (secondary N) is 1. The van der Waals surface area contributed by atoms with Gasteiger partial charge in [0.2, 0.25) is 0 Å². The highest BCUT2D eigenvalue weighted by Crippen LogP contribution is 2.16. The van der Waals surface area contributed by atoms with E-state index in [-0.39, 0.29) is 11.4 Å². The Bertz CT molecular complexity index is 613. The second kappa shape index (κ2) is 6.31. The lowest BCUT2D eigenvalue weighted by molar-refractivity contribution is 0.0909. The molecule has 4 nitrogen and oxygen atoms in total. The van der Waals surface area contributed by atoms with Gasteiger partial charge in [0, 0.05) is 17.9 Å². The average Bonchev–Trinajstić information content (AvgIpc) is 2.81. The summed E-state index contributed by atoms with van der Waals surface area (Å²) in [6, 6.07) is 7.75. The van der Waals surface area contributed by atoms with E-state index in [0.29, 0.717) is 0 Å². The van der Waals surface area contributed by atoms with E-state index >= 15 is 0 Å². The number of nitrogens with zero attached hydrogens (tertiary/aromatic N) is 2. The number of rotatable bonds is 6. The summed E-state index contributed by atoms with van der Waals surface area (Å²) in [6.45, 7) is 5.20. The summed E-state index contributed by atoms with van der Waals surface area (Å²) in [6.07, 6.45) is 5.90. The molecule has 0 fully saturated rings. The van der Waals surface area contributed by atoms with Crippen molar-refractivity contribution in [3.8, 4) is 0 Å². The van der Waals surface area contributed by atoms with Crippen LogP contribution in [-0.4, -0.2) is 41.4 Å². The second-order valence-electron chi connectivity index (χ2n) is 6.47. The fourth-order valence-electron chi connectivity index (χ4n) is 2.52. The van der Waals surface area contributed by atoms with E-state index in [2.05, 4.69) is 38.2 Å². The van der Waals surface area contributed by atoms with E-state index in [1.807, 2.05) is 41.1 Å². The monoisotopic (exact) mass is 287 g/mol. The number of carbonyl (C=O) groups is 1. The highest BCUT2D eigenvalue weighted by atomic mass is 16.1. The van der Waals surface area contributed by atoms with Gasteiger partial charge in [-0.15, -0.1) is 0 Å². The molecular weight excluding hydrogens is 262 g/mol. The minimum atomic E-state index is -0.198. The summed E-state index contributed by atoms with van der Waals surface area (Å²) < 4.78 is 1.97. The normalized spacial score (nSPS) is 12.0. The van der Waals surface area contributed by atoms with E-state index < -0.39 is 0 Å². The standard InChI is InChI=1S/C17H25N3O/c1-17(2,10-7-11-19(3)4)18-16(21)14-9-13-20-12-6-5-8-15(14)20/h5-6,8-9,12-13H,7,10-11H2,1-4H3,(H,18,21). The van der Waals surface area contributed by atoms with Gasteiger partial charge in [0.05, 0.1) is 11.1 Å². The van der Waals surface area contributed by atoms with Crippen molar-refractivity contribution in [2.45, 2.75) is 32.2 Å². The van der Waals surface area contributed by atoms with Crippen molar-refractivity contribution in [2.24, 2.45) is 0 Å². The number of fused-ring (bicyclic) bond motifs is 1. The average molecular weight is 287 g/mol. The number of aromatic nitrogens is 1. The molecule has 4 heteroatoms. The van der Waals surface area contributed by atoms with Crippen molar-refractivity contribution in [2.75, 3.05) is 20.6 Å². The van der Waals surface area contributed by atoms with Crippen LogP contribution in [0.15, 0.2) is 36.7 Å². The maximum Gasteiger partial charge on any atom is 0.253 e. The van der Waals surface area contributed by atoms with E-state index in [1.54, 1.807) is 0 Å². The lowest BCUT2D eigenvalue weighted by atomic mass is 9.97. The zero-order chi connectivity index (χ0) is 15.5. The van der Waals surface area contributed by atoms with Crippen molar-refractivity contribution in [3.05, 3.63) is 42.2 Å². The molecule has 0 saturated carbocycles. The minimum absolute atomic E-state index is 0.00134. The Morgan fingerprint density at radius 1 is 1.24 bits per heavy atom. The van der Waals surface area contributed by atoms with Crippen molar-refractivity contribution < 1.29 is 4.79 Å². The molecule has 21 heavy (non-hydrogen) atoms. The van der Waals surface area contributed by atoms with Crippen LogP contribution in [0.3, 0.4) is 0 Å². The molecule has 2 aromatic rings. The van der Waals surface area contributed by atoms with Crippen LogP contribution in [0.5, 0.6) is 0 Å². The molecule has 0 aliphatic heterocycles. The fourth-order valence-corrected chi connectivity index (χ4v) is 2.52. The summed E-state index contributed by atoms with van der Waals surface area (Å²) >= 11 is 0. The van der Waals surface area contributed by atoms with Crippen LogP contribution in [0.25, 0.3) is 5.52 Å². The summed E-state index contributed by atoms with van der Waals surface area (Å²) in [5.41, 5.74) is 1.48. The molecule has 2 heterocycles. The summed E-state index contributed by atoms with van der Waals surface area (Å²) in [7, 11) is 4.14. The zero-order valence-corrected chi connectivity index (χ0v) is 13.4. The van der Waals surface area contributed by atoms with Crippen LogP contribution in [0.1, 0.15) is 37.0 Å². The Hall–Kier alpha value is -1.81. The van der Waals surface area contributed by atoms with E-state index in [4.69, 9.17) is 0 Å². The van der Waals surface area contributed by atoms with Gasteiger partial charge in [0.15, 0.2) is 0 Å². The van der Waals surface area contributed by atoms with Gasteiger partial charge >= 0.3 is 0 Å². The summed E-state index contributed by atoms with van der Waals surface area (Å²) in [5, 5.41) is 3.15. The van der Waals surface area contributed by atoms with Crippen molar-refractivity contribution in [3.63, 3.8) is 0 Å². The molecule has 2 rings (SSSR count). The molecule has 0 spiro atoms. The predicted molar refractivity (Wildman–Crippen MR) is 86.7 cm³/mol. The number of carbonyl (C=O) groups excluding carboxylic acids is 1. The van der Waals surface area contributed by atoms with Gasteiger partial charge in [0.25, 0.3) is 5.91 Å². The Labute approximate surface area is 126 Å². The maximum absolute atomic E-state index is 12.5. The molecule has 0 unspecified atom stereocenters. The minimum Gasteiger partial charge on any atom is -0.347 e. The van der Waals surface area contributed by atoms with Gasteiger partial charge in [-0.05, 0) is 65.5 Å².